The van der Waals surface area contributed by atoms with Gasteiger partial charge in [0.25, 0.3) is 0 Å². The molecule has 0 amide bonds. The average Bonchev–Trinajstić information content (AvgIpc) is 3.01. The zero-order chi connectivity index (χ0) is 10.8. The molecule has 1 fully saturated rings. The molecule has 1 aliphatic carbocycles. The lowest BCUT2D eigenvalue weighted by Crippen LogP contribution is -2.17. The fourth-order valence-electron chi connectivity index (χ4n) is 1.73. The van der Waals surface area contributed by atoms with E-state index in [1.54, 1.807) is 7.11 Å². The van der Waals surface area contributed by atoms with E-state index in [2.05, 4.69) is 12.2 Å². The summed E-state index contributed by atoms with van der Waals surface area (Å²) in [6.45, 7) is 2.22. The highest BCUT2D eigenvalue weighted by Crippen LogP contribution is 2.35. The van der Waals surface area contributed by atoms with Crippen molar-refractivity contribution in [2.75, 3.05) is 12.4 Å². The largest absolute Gasteiger partial charge is 0.495 e. The zero-order valence-electron chi connectivity index (χ0n) is 9.09. The number of anilines is 1. The highest BCUT2D eigenvalue weighted by Gasteiger charge is 2.27. The van der Waals surface area contributed by atoms with Crippen molar-refractivity contribution < 1.29 is 4.74 Å². The third kappa shape index (κ3) is 2.57. The maximum absolute atomic E-state index is 6.04. The van der Waals surface area contributed by atoms with E-state index in [0.29, 0.717) is 11.1 Å². The van der Waals surface area contributed by atoms with Crippen LogP contribution in [-0.4, -0.2) is 13.2 Å². The van der Waals surface area contributed by atoms with Crippen LogP contribution >= 0.6 is 11.6 Å². The molecule has 3 heteroatoms. The minimum Gasteiger partial charge on any atom is -0.495 e. The number of benzene rings is 1. The lowest BCUT2D eigenvalue weighted by atomic mass is 10.2. The molecule has 1 atom stereocenters. The van der Waals surface area contributed by atoms with E-state index in [-0.39, 0.29) is 0 Å². The Morgan fingerprint density at radius 2 is 2.20 bits per heavy atom. The van der Waals surface area contributed by atoms with E-state index in [4.69, 9.17) is 16.3 Å². The summed E-state index contributed by atoms with van der Waals surface area (Å²) in [7, 11) is 1.63. The Kier molecular flexibility index (Phi) is 3.06. The Morgan fingerprint density at radius 1 is 1.47 bits per heavy atom. The average molecular weight is 226 g/mol. The third-order valence-electron chi connectivity index (χ3n) is 2.88. The molecule has 1 aromatic carbocycles. The maximum Gasteiger partial charge on any atom is 0.137 e. The third-order valence-corrected chi connectivity index (χ3v) is 3.17. The molecule has 2 rings (SSSR count). The zero-order valence-corrected chi connectivity index (χ0v) is 9.84. The van der Waals surface area contributed by atoms with Crippen LogP contribution in [0, 0.1) is 5.92 Å². The van der Waals surface area contributed by atoms with E-state index < -0.39 is 0 Å². The van der Waals surface area contributed by atoms with Crippen LogP contribution < -0.4 is 10.1 Å². The van der Waals surface area contributed by atoms with Gasteiger partial charge in [-0.2, -0.15) is 0 Å². The van der Waals surface area contributed by atoms with Crippen LogP contribution in [0.2, 0.25) is 5.02 Å². The Hall–Kier alpha value is -0.890. The van der Waals surface area contributed by atoms with Gasteiger partial charge in [-0.05, 0) is 43.9 Å². The molecule has 1 aromatic rings. The number of methoxy groups -OCH3 is 1. The molecule has 0 unspecified atom stereocenters. The molecular formula is C12H16ClNO. The van der Waals surface area contributed by atoms with E-state index >= 15 is 0 Å². The first-order valence-corrected chi connectivity index (χ1v) is 5.68. The first kappa shape index (κ1) is 10.6. The fraction of sp³-hybridized carbons (Fsp3) is 0.500. The Bertz CT molecular complexity index is 349. The van der Waals surface area contributed by atoms with Crippen LogP contribution in [0.1, 0.15) is 19.8 Å². The molecule has 1 N–H and O–H groups in total. The Morgan fingerprint density at radius 3 is 2.73 bits per heavy atom. The molecule has 2 nitrogen and oxygen atoms in total. The lowest BCUT2D eigenvalue weighted by Gasteiger charge is -2.15. The second-order valence-corrected chi connectivity index (χ2v) is 4.53. The molecule has 0 aromatic heterocycles. The van der Waals surface area contributed by atoms with Gasteiger partial charge in [-0.25, -0.2) is 0 Å². The number of nitrogens with one attached hydrogen (secondary N) is 1. The van der Waals surface area contributed by atoms with Gasteiger partial charge >= 0.3 is 0 Å². The summed E-state index contributed by atoms with van der Waals surface area (Å²) in [5, 5.41) is 4.11. The molecule has 0 spiro atoms. The summed E-state index contributed by atoms with van der Waals surface area (Å²) in [6, 6.07) is 6.35. The summed E-state index contributed by atoms with van der Waals surface area (Å²) in [4.78, 5) is 0. The Labute approximate surface area is 95.6 Å². The number of hydrogen-bond donors (Lipinski definition) is 1. The van der Waals surface area contributed by atoms with E-state index in [1.165, 1.54) is 12.8 Å². The van der Waals surface area contributed by atoms with Crippen LogP contribution in [0.5, 0.6) is 5.75 Å². The molecule has 82 valence electrons. The van der Waals surface area contributed by atoms with Gasteiger partial charge in [0.1, 0.15) is 5.75 Å². The van der Waals surface area contributed by atoms with Gasteiger partial charge in [0, 0.05) is 11.7 Å². The number of halogens is 1. The fourth-order valence-corrected chi connectivity index (χ4v) is 1.99. The van der Waals surface area contributed by atoms with Gasteiger partial charge in [-0.3, -0.25) is 0 Å². The standard InChI is InChI=1S/C12H16ClNO/c1-8(9-3-4-9)14-10-5-6-12(15-2)11(13)7-10/h5-9,14H,3-4H2,1-2H3/t8-/m0/s1. The summed E-state index contributed by atoms with van der Waals surface area (Å²) >= 11 is 6.04. The lowest BCUT2D eigenvalue weighted by molar-refractivity contribution is 0.415. The van der Waals surface area contributed by atoms with E-state index in [0.717, 1.165) is 17.4 Å². The highest BCUT2D eigenvalue weighted by atomic mass is 35.5. The van der Waals surface area contributed by atoms with Crippen LogP contribution in [-0.2, 0) is 0 Å². The summed E-state index contributed by atoms with van der Waals surface area (Å²) < 4.78 is 5.11. The molecule has 15 heavy (non-hydrogen) atoms. The predicted molar refractivity (Wildman–Crippen MR) is 63.8 cm³/mol. The van der Waals surface area contributed by atoms with Crippen molar-refractivity contribution in [2.45, 2.75) is 25.8 Å². The second kappa shape index (κ2) is 4.31. The molecule has 0 saturated heterocycles. The van der Waals surface area contributed by atoms with Crippen LogP contribution in [0.25, 0.3) is 0 Å². The number of hydrogen-bond acceptors (Lipinski definition) is 2. The summed E-state index contributed by atoms with van der Waals surface area (Å²) in [5.41, 5.74) is 1.07. The monoisotopic (exact) mass is 225 g/mol. The summed E-state index contributed by atoms with van der Waals surface area (Å²) in [6.07, 6.45) is 2.69. The van der Waals surface area contributed by atoms with Crippen LogP contribution in [0.3, 0.4) is 0 Å². The van der Waals surface area contributed by atoms with Gasteiger partial charge in [-0.1, -0.05) is 11.6 Å². The highest BCUT2D eigenvalue weighted by molar-refractivity contribution is 6.32. The van der Waals surface area contributed by atoms with Crippen molar-refractivity contribution in [1.29, 1.82) is 0 Å². The normalized spacial score (nSPS) is 17.3. The van der Waals surface area contributed by atoms with Gasteiger partial charge in [-0.15, -0.1) is 0 Å². The summed E-state index contributed by atoms with van der Waals surface area (Å²) in [5.74, 6) is 1.56. The first-order chi connectivity index (χ1) is 7.20. The van der Waals surface area contributed by atoms with Crippen LogP contribution in [0.4, 0.5) is 5.69 Å². The van der Waals surface area contributed by atoms with Crippen molar-refractivity contribution in [1.82, 2.24) is 0 Å². The topological polar surface area (TPSA) is 21.3 Å². The number of ether oxygens (including phenoxy) is 1. The van der Waals surface area contributed by atoms with Crippen molar-refractivity contribution in [3.8, 4) is 5.75 Å². The molecule has 0 aliphatic heterocycles. The van der Waals surface area contributed by atoms with Crippen molar-refractivity contribution >= 4 is 17.3 Å². The smallest absolute Gasteiger partial charge is 0.137 e. The molecule has 1 saturated carbocycles. The minimum absolute atomic E-state index is 0.537. The van der Waals surface area contributed by atoms with Crippen molar-refractivity contribution in [3.05, 3.63) is 23.2 Å². The van der Waals surface area contributed by atoms with Gasteiger partial charge < -0.3 is 10.1 Å². The van der Waals surface area contributed by atoms with E-state index in [9.17, 15) is 0 Å². The quantitative estimate of drug-likeness (QED) is 0.846. The molecule has 0 bridgehead atoms. The first-order valence-electron chi connectivity index (χ1n) is 5.31. The second-order valence-electron chi connectivity index (χ2n) is 4.12. The maximum atomic E-state index is 6.04. The predicted octanol–water partition coefficient (Wildman–Crippen LogP) is 3.56. The molecule has 0 radical (unpaired) electrons. The van der Waals surface area contributed by atoms with Crippen molar-refractivity contribution in [3.63, 3.8) is 0 Å². The minimum atomic E-state index is 0.537. The Balaban J connectivity index is 2.05. The van der Waals surface area contributed by atoms with Gasteiger partial charge in [0.05, 0.1) is 12.1 Å². The number of rotatable bonds is 4. The molecule has 0 heterocycles. The SMILES string of the molecule is COc1ccc(N[C@@H](C)C2CC2)cc1Cl. The van der Waals surface area contributed by atoms with Crippen molar-refractivity contribution in [2.24, 2.45) is 5.92 Å². The molecular weight excluding hydrogens is 210 g/mol. The van der Waals surface area contributed by atoms with Crippen LogP contribution in [0.15, 0.2) is 18.2 Å². The van der Waals surface area contributed by atoms with Gasteiger partial charge in [0.15, 0.2) is 0 Å². The van der Waals surface area contributed by atoms with E-state index in [1.807, 2.05) is 18.2 Å². The van der Waals surface area contributed by atoms with Gasteiger partial charge in [0.2, 0.25) is 0 Å². The molecule has 1 aliphatic rings.